The van der Waals surface area contributed by atoms with Crippen LogP contribution in [0.25, 0.3) is 0 Å². The summed E-state index contributed by atoms with van der Waals surface area (Å²) in [5, 5.41) is 0. The molecular formula is C12H25N3O2S. The van der Waals surface area contributed by atoms with Crippen LogP contribution >= 0.6 is 12.8 Å². The van der Waals surface area contributed by atoms with E-state index in [1.165, 1.54) is 0 Å². The summed E-state index contributed by atoms with van der Waals surface area (Å²) in [5.74, 6) is 0.111. The molecule has 0 spiro atoms. The van der Waals surface area contributed by atoms with Crippen LogP contribution in [0.5, 0.6) is 0 Å². The van der Waals surface area contributed by atoms with Gasteiger partial charge in [-0.25, -0.2) is 0 Å². The lowest BCUT2D eigenvalue weighted by Gasteiger charge is -2.38. The third-order valence-corrected chi connectivity index (χ3v) is 3.46. The number of ether oxygens (including phenoxy) is 1. The molecule has 0 aromatic heterocycles. The molecule has 1 atom stereocenters. The maximum atomic E-state index is 12.5. The molecule has 1 aliphatic heterocycles. The fourth-order valence-electron chi connectivity index (χ4n) is 2.44. The van der Waals surface area contributed by atoms with Crippen LogP contribution in [0.3, 0.4) is 0 Å². The summed E-state index contributed by atoms with van der Waals surface area (Å²) in [6.45, 7) is 7.57. The van der Waals surface area contributed by atoms with Crippen LogP contribution < -0.4 is 4.72 Å². The molecule has 106 valence electrons. The van der Waals surface area contributed by atoms with E-state index in [9.17, 15) is 4.79 Å². The Balaban J connectivity index is 2.71. The van der Waals surface area contributed by atoms with Crippen molar-refractivity contribution in [2.75, 3.05) is 46.9 Å². The molecule has 0 aromatic carbocycles. The number of carbonyl (C=O) groups excluding carboxylic acids is 1. The lowest BCUT2D eigenvalue weighted by molar-refractivity contribution is -0.140. The lowest BCUT2D eigenvalue weighted by Crippen LogP contribution is -2.56. The van der Waals surface area contributed by atoms with Crippen molar-refractivity contribution in [1.82, 2.24) is 14.5 Å². The number of thiol groups is 1. The van der Waals surface area contributed by atoms with E-state index in [2.05, 4.69) is 36.3 Å². The van der Waals surface area contributed by atoms with Crippen LogP contribution in [0.2, 0.25) is 0 Å². The fraction of sp³-hybridized carbons (Fsp3) is 0.917. The van der Waals surface area contributed by atoms with Crippen molar-refractivity contribution in [2.45, 2.75) is 19.9 Å². The highest BCUT2D eigenvalue weighted by Gasteiger charge is 2.37. The first-order valence-corrected chi connectivity index (χ1v) is 6.74. The van der Waals surface area contributed by atoms with Gasteiger partial charge in [-0.05, 0) is 14.1 Å². The molecule has 1 N–H and O–H groups in total. The van der Waals surface area contributed by atoms with E-state index < -0.39 is 0 Å². The molecule has 5 nitrogen and oxygen atoms in total. The van der Waals surface area contributed by atoms with Gasteiger partial charge >= 0.3 is 0 Å². The van der Waals surface area contributed by atoms with E-state index in [0.717, 1.165) is 6.54 Å². The molecule has 0 radical (unpaired) electrons. The minimum absolute atomic E-state index is 0.111. The molecule has 6 heteroatoms. The lowest BCUT2D eigenvalue weighted by atomic mass is 9.83. The SMILES string of the molecule is CN(C)CC(C)(C)C(NS)C(=O)N1CCOCC1. The van der Waals surface area contributed by atoms with Gasteiger partial charge in [0.05, 0.1) is 13.2 Å². The molecule has 1 heterocycles. The Morgan fingerprint density at radius 1 is 1.44 bits per heavy atom. The first kappa shape index (κ1) is 15.8. The highest BCUT2D eigenvalue weighted by molar-refractivity contribution is 7.78. The van der Waals surface area contributed by atoms with E-state index in [4.69, 9.17) is 4.74 Å². The van der Waals surface area contributed by atoms with Crippen LogP contribution in [0.15, 0.2) is 0 Å². The molecule has 1 unspecified atom stereocenters. The minimum atomic E-state index is -0.290. The van der Waals surface area contributed by atoms with Gasteiger partial charge in [0.2, 0.25) is 5.91 Å². The molecule has 1 amide bonds. The Morgan fingerprint density at radius 3 is 2.44 bits per heavy atom. The van der Waals surface area contributed by atoms with Crippen LogP contribution in [-0.2, 0) is 9.53 Å². The molecule has 1 saturated heterocycles. The van der Waals surface area contributed by atoms with Crippen LogP contribution in [-0.4, -0.2) is 68.7 Å². The van der Waals surface area contributed by atoms with Crippen molar-refractivity contribution in [3.63, 3.8) is 0 Å². The summed E-state index contributed by atoms with van der Waals surface area (Å²) < 4.78 is 8.15. The molecule has 0 aliphatic carbocycles. The fourth-order valence-corrected chi connectivity index (χ4v) is 2.90. The van der Waals surface area contributed by atoms with Gasteiger partial charge < -0.3 is 14.5 Å². The van der Waals surface area contributed by atoms with Crippen molar-refractivity contribution < 1.29 is 9.53 Å². The summed E-state index contributed by atoms with van der Waals surface area (Å²) in [4.78, 5) is 16.4. The number of amides is 1. The van der Waals surface area contributed by atoms with E-state index in [1.807, 2.05) is 19.0 Å². The van der Waals surface area contributed by atoms with Crippen molar-refractivity contribution >= 4 is 18.7 Å². The second-order valence-corrected chi connectivity index (χ2v) is 5.98. The second-order valence-electron chi connectivity index (χ2n) is 5.73. The van der Waals surface area contributed by atoms with Gasteiger partial charge in [0.1, 0.15) is 6.04 Å². The Kier molecular flexibility index (Phi) is 5.91. The van der Waals surface area contributed by atoms with Crippen molar-refractivity contribution in [2.24, 2.45) is 5.41 Å². The first-order chi connectivity index (χ1) is 8.38. The standard InChI is InChI=1S/C12H25N3O2S/c1-12(2,9-14(3)4)10(13-18)11(16)15-5-7-17-8-6-15/h10,13,18H,5-9H2,1-4H3. The first-order valence-electron chi connectivity index (χ1n) is 6.29. The number of nitrogens with one attached hydrogen (secondary N) is 1. The van der Waals surface area contributed by atoms with Gasteiger partial charge in [0, 0.05) is 25.0 Å². The molecule has 18 heavy (non-hydrogen) atoms. The Hall–Kier alpha value is -0.300. The van der Waals surface area contributed by atoms with Crippen LogP contribution in [0.4, 0.5) is 0 Å². The number of hydrogen-bond acceptors (Lipinski definition) is 5. The zero-order valence-electron chi connectivity index (χ0n) is 11.8. The van der Waals surface area contributed by atoms with E-state index in [0.29, 0.717) is 26.3 Å². The predicted molar refractivity (Wildman–Crippen MR) is 75.6 cm³/mol. The van der Waals surface area contributed by atoms with Gasteiger partial charge in [0.25, 0.3) is 0 Å². The summed E-state index contributed by atoms with van der Waals surface area (Å²) >= 11 is 4.14. The molecule has 1 rings (SSSR count). The Bertz CT molecular complexity index is 278. The van der Waals surface area contributed by atoms with Gasteiger partial charge in [-0.2, -0.15) is 0 Å². The zero-order valence-corrected chi connectivity index (χ0v) is 12.7. The molecular weight excluding hydrogens is 250 g/mol. The molecule has 1 fully saturated rings. The molecule has 0 bridgehead atoms. The molecule has 0 aromatic rings. The summed E-state index contributed by atoms with van der Waals surface area (Å²) in [6, 6.07) is -0.290. The highest BCUT2D eigenvalue weighted by Crippen LogP contribution is 2.24. The monoisotopic (exact) mass is 275 g/mol. The average Bonchev–Trinajstić information content (AvgIpc) is 2.28. The topological polar surface area (TPSA) is 44.8 Å². The predicted octanol–water partition coefficient (Wildman–Crippen LogP) is 0.236. The minimum Gasteiger partial charge on any atom is -0.378 e. The van der Waals surface area contributed by atoms with Crippen molar-refractivity contribution in [3.05, 3.63) is 0 Å². The largest absolute Gasteiger partial charge is 0.378 e. The molecule has 1 aliphatic rings. The number of nitrogens with zero attached hydrogens (tertiary/aromatic N) is 2. The van der Waals surface area contributed by atoms with Gasteiger partial charge in [-0.3, -0.25) is 9.52 Å². The average molecular weight is 275 g/mol. The van der Waals surface area contributed by atoms with E-state index in [-0.39, 0.29) is 17.4 Å². The van der Waals surface area contributed by atoms with Crippen molar-refractivity contribution in [1.29, 1.82) is 0 Å². The van der Waals surface area contributed by atoms with Gasteiger partial charge in [-0.15, -0.1) is 0 Å². The van der Waals surface area contributed by atoms with Crippen LogP contribution in [0.1, 0.15) is 13.8 Å². The Morgan fingerprint density at radius 2 is 2.00 bits per heavy atom. The zero-order chi connectivity index (χ0) is 13.8. The normalized spacial score (nSPS) is 19.1. The smallest absolute Gasteiger partial charge is 0.241 e. The maximum absolute atomic E-state index is 12.5. The molecule has 0 saturated carbocycles. The maximum Gasteiger partial charge on any atom is 0.241 e. The number of hydrogen-bond donors (Lipinski definition) is 2. The number of morpholine rings is 1. The van der Waals surface area contributed by atoms with Gasteiger partial charge in [-0.1, -0.05) is 26.7 Å². The quantitative estimate of drug-likeness (QED) is 0.706. The van der Waals surface area contributed by atoms with Crippen LogP contribution in [0, 0.1) is 5.41 Å². The van der Waals surface area contributed by atoms with E-state index >= 15 is 0 Å². The van der Waals surface area contributed by atoms with Crippen molar-refractivity contribution in [3.8, 4) is 0 Å². The number of rotatable bonds is 5. The van der Waals surface area contributed by atoms with Gasteiger partial charge in [0.15, 0.2) is 0 Å². The highest BCUT2D eigenvalue weighted by atomic mass is 32.1. The third kappa shape index (κ3) is 4.12. The summed E-state index contributed by atoms with van der Waals surface area (Å²) in [7, 11) is 4.02. The van der Waals surface area contributed by atoms with E-state index in [1.54, 1.807) is 0 Å². The third-order valence-electron chi connectivity index (χ3n) is 3.20. The summed E-state index contributed by atoms with van der Waals surface area (Å²) in [5.41, 5.74) is -0.180. The number of carbonyl (C=O) groups is 1. The summed E-state index contributed by atoms with van der Waals surface area (Å²) in [6.07, 6.45) is 0. The Labute approximate surface area is 115 Å². The second kappa shape index (κ2) is 6.75.